The molecule has 0 amide bonds. The monoisotopic (exact) mass is 245 g/mol. The molecule has 5 N–H and O–H groups in total. The number of rotatable bonds is 4. The molecule has 0 aliphatic rings. The van der Waals surface area contributed by atoms with Crippen molar-refractivity contribution in [2.75, 3.05) is 12.3 Å². The van der Waals surface area contributed by atoms with Crippen molar-refractivity contribution in [1.29, 1.82) is 0 Å². The van der Waals surface area contributed by atoms with Crippen LogP contribution in [0, 0.1) is 0 Å². The maximum Gasteiger partial charge on any atom is 0.354 e. The Hall–Kier alpha value is -2.14. The summed E-state index contributed by atoms with van der Waals surface area (Å²) in [5, 5.41) is 9.95. The van der Waals surface area contributed by atoms with Gasteiger partial charge in [0.15, 0.2) is 0 Å². The highest BCUT2D eigenvalue weighted by atomic mass is 16.4. The molecule has 5 heteroatoms. The predicted octanol–water partition coefficient (Wildman–Crippen LogP) is 1.41. The van der Waals surface area contributed by atoms with E-state index in [2.05, 4.69) is 4.98 Å². The number of benzene rings is 1. The molecule has 0 spiro atoms. The van der Waals surface area contributed by atoms with Crippen LogP contribution in [0.4, 0.5) is 5.69 Å². The van der Waals surface area contributed by atoms with Gasteiger partial charge in [-0.25, -0.2) is 9.78 Å². The van der Waals surface area contributed by atoms with Gasteiger partial charge in [0.1, 0.15) is 5.69 Å². The molecule has 2 aromatic rings. The second kappa shape index (κ2) is 5.01. The molecule has 0 aliphatic carbocycles. The molecular weight excluding hydrogens is 230 g/mol. The third-order valence-corrected chi connectivity index (χ3v) is 2.83. The third-order valence-electron chi connectivity index (χ3n) is 2.83. The zero-order valence-electron chi connectivity index (χ0n) is 9.89. The summed E-state index contributed by atoms with van der Waals surface area (Å²) in [6.07, 6.45) is 1.52. The molecule has 1 aromatic heterocycles. The van der Waals surface area contributed by atoms with Crippen LogP contribution >= 0.6 is 0 Å². The van der Waals surface area contributed by atoms with Gasteiger partial charge in [-0.3, -0.25) is 0 Å². The summed E-state index contributed by atoms with van der Waals surface area (Å²) in [6.45, 7) is 0.564. The van der Waals surface area contributed by atoms with Gasteiger partial charge < -0.3 is 16.6 Å². The lowest BCUT2D eigenvalue weighted by molar-refractivity contribution is 0.0691. The molecule has 1 heterocycles. The van der Waals surface area contributed by atoms with E-state index in [9.17, 15) is 4.79 Å². The molecule has 0 bridgehead atoms. The third kappa shape index (κ3) is 2.26. The lowest BCUT2D eigenvalue weighted by atomic mass is 10.0. The van der Waals surface area contributed by atoms with Crippen LogP contribution in [0.1, 0.15) is 22.5 Å². The number of fused-ring (bicyclic) bond motifs is 1. The second-order valence-corrected chi connectivity index (χ2v) is 4.11. The molecule has 0 atom stereocenters. The fraction of sp³-hybridized carbons (Fsp3) is 0.231. The first kappa shape index (κ1) is 12.3. The molecule has 0 saturated heterocycles. The summed E-state index contributed by atoms with van der Waals surface area (Å²) in [4.78, 5) is 15.1. The van der Waals surface area contributed by atoms with Crippen LogP contribution in [0.5, 0.6) is 0 Å². The Labute approximate surface area is 104 Å². The minimum absolute atomic E-state index is 0.0208. The Morgan fingerprint density at radius 1 is 1.39 bits per heavy atom. The lowest BCUT2D eigenvalue weighted by Crippen LogP contribution is -2.06. The van der Waals surface area contributed by atoms with Crippen LogP contribution in [-0.2, 0) is 6.42 Å². The zero-order chi connectivity index (χ0) is 13.1. The van der Waals surface area contributed by atoms with E-state index in [4.69, 9.17) is 16.6 Å². The Morgan fingerprint density at radius 2 is 2.17 bits per heavy atom. The number of nitrogen functional groups attached to an aromatic ring is 1. The van der Waals surface area contributed by atoms with Crippen molar-refractivity contribution in [2.24, 2.45) is 5.73 Å². The molecular formula is C13H15N3O2. The maximum absolute atomic E-state index is 11.1. The van der Waals surface area contributed by atoms with E-state index in [0.717, 1.165) is 23.8 Å². The fourth-order valence-corrected chi connectivity index (χ4v) is 1.95. The van der Waals surface area contributed by atoms with Crippen LogP contribution < -0.4 is 11.5 Å². The van der Waals surface area contributed by atoms with Gasteiger partial charge in [-0.05, 0) is 37.1 Å². The molecule has 0 aliphatic heterocycles. The SMILES string of the molecule is NCCCc1cc(C(=O)O)nc2c(N)cccc12. The quantitative estimate of drug-likeness (QED) is 0.707. The van der Waals surface area contributed by atoms with Crippen molar-refractivity contribution in [2.45, 2.75) is 12.8 Å². The van der Waals surface area contributed by atoms with E-state index >= 15 is 0 Å². The number of para-hydroxylation sites is 1. The van der Waals surface area contributed by atoms with Crippen molar-refractivity contribution in [3.05, 3.63) is 35.5 Å². The van der Waals surface area contributed by atoms with Crippen LogP contribution in [0.3, 0.4) is 0 Å². The molecule has 0 radical (unpaired) electrons. The standard InChI is InChI=1S/C13H15N3O2/c14-6-2-3-8-7-11(13(17)18)16-12-9(8)4-1-5-10(12)15/h1,4-5,7H,2-3,6,14-15H2,(H,17,18). The van der Waals surface area contributed by atoms with E-state index in [1.807, 2.05) is 12.1 Å². The first-order chi connectivity index (χ1) is 8.63. The van der Waals surface area contributed by atoms with Crippen LogP contribution in [-0.4, -0.2) is 22.6 Å². The first-order valence-corrected chi connectivity index (χ1v) is 5.75. The Bertz CT molecular complexity index is 596. The molecule has 0 saturated carbocycles. The maximum atomic E-state index is 11.1. The first-order valence-electron chi connectivity index (χ1n) is 5.75. The molecule has 0 fully saturated rings. The number of aromatic nitrogens is 1. The van der Waals surface area contributed by atoms with Gasteiger partial charge in [-0.15, -0.1) is 0 Å². The number of aromatic carboxylic acids is 1. The number of nitrogens with two attached hydrogens (primary N) is 2. The van der Waals surface area contributed by atoms with E-state index in [1.165, 1.54) is 0 Å². The highest BCUT2D eigenvalue weighted by molar-refractivity contribution is 5.96. The highest BCUT2D eigenvalue weighted by Gasteiger charge is 2.12. The van der Waals surface area contributed by atoms with Crippen LogP contribution in [0.15, 0.2) is 24.3 Å². The van der Waals surface area contributed by atoms with Crippen LogP contribution in [0.25, 0.3) is 10.9 Å². The fourth-order valence-electron chi connectivity index (χ4n) is 1.95. The van der Waals surface area contributed by atoms with Crippen molar-refractivity contribution in [3.63, 3.8) is 0 Å². The normalized spacial score (nSPS) is 10.7. The van der Waals surface area contributed by atoms with Crippen molar-refractivity contribution in [1.82, 2.24) is 4.98 Å². The number of aryl methyl sites for hydroxylation is 1. The number of pyridine rings is 1. The zero-order valence-corrected chi connectivity index (χ0v) is 9.89. The second-order valence-electron chi connectivity index (χ2n) is 4.11. The van der Waals surface area contributed by atoms with Crippen molar-refractivity contribution in [3.8, 4) is 0 Å². The number of carbonyl (C=O) groups is 1. The number of carboxylic acids is 1. The molecule has 94 valence electrons. The summed E-state index contributed by atoms with van der Waals surface area (Å²) in [5.41, 5.74) is 13.3. The topological polar surface area (TPSA) is 102 Å². The average Bonchev–Trinajstić information content (AvgIpc) is 2.36. The van der Waals surface area contributed by atoms with Crippen molar-refractivity contribution >= 4 is 22.6 Å². The summed E-state index contributed by atoms with van der Waals surface area (Å²) in [6, 6.07) is 7.05. The highest BCUT2D eigenvalue weighted by Crippen LogP contribution is 2.24. The molecule has 1 aromatic carbocycles. The summed E-state index contributed by atoms with van der Waals surface area (Å²) < 4.78 is 0. The summed E-state index contributed by atoms with van der Waals surface area (Å²) >= 11 is 0. The smallest absolute Gasteiger partial charge is 0.354 e. The van der Waals surface area contributed by atoms with Crippen molar-refractivity contribution < 1.29 is 9.90 Å². The lowest BCUT2D eigenvalue weighted by Gasteiger charge is -2.09. The number of nitrogens with zero attached hydrogens (tertiary/aromatic N) is 1. The number of carboxylic acid groups (broad SMARTS) is 1. The van der Waals surface area contributed by atoms with Gasteiger partial charge >= 0.3 is 5.97 Å². The number of hydrogen-bond acceptors (Lipinski definition) is 4. The molecule has 2 rings (SSSR count). The van der Waals surface area contributed by atoms with E-state index in [-0.39, 0.29) is 5.69 Å². The van der Waals surface area contributed by atoms with Crippen LogP contribution in [0.2, 0.25) is 0 Å². The Balaban J connectivity index is 2.65. The molecule has 5 nitrogen and oxygen atoms in total. The molecule has 18 heavy (non-hydrogen) atoms. The summed E-state index contributed by atoms with van der Waals surface area (Å²) in [7, 11) is 0. The Kier molecular flexibility index (Phi) is 3.43. The Morgan fingerprint density at radius 3 is 2.83 bits per heavy atom. The van der Waals surface area contributed by atoms with Gasteiger partial charge in [-0.2, -0.15) is 0 Å². The van der Waals surface area contributed by atoms with Gasteiger partial charge in [0, 0.05) is 5.39 Å². The van der Waals surface area contributed by atoms with Gasteiger partial charge in [0.2, 0.25) is 0 Å². The predicted molar refractivity (Wildman–Crippen MR) is 70.5 cm³/mol. The summed E-state index contributed by atoms with van der Waals surface area (Å²) in [5.74, 6) is -1.05. The molecule has 0 unspecified atom stereocenters. The van der Waals surface area contributed by atoms with Gasteiger partial charge in [0.05, 0.1) is 11.2 Å². The van der Waals surface area contributed by atoms with Gasteiger partial charge in [0.25, 0.3) is 0 Å². The number of hydrogen-bond donors (Lipinski definition) is 3. The van der Waals surface area contributed by atoms with Gasteiger partial charge in [-0.1, -0.05) is 12.1 Å². The van der Waals surface area contributed by atoms with E-state index in [1.54, 1.807) is 12.1 Å². The van der Waals surface area contributed by atoms with E-state index < -0.39 is 5.97 Å². The van der Waals surface area contributed by atoms with E-state index in [0.29, 0.717) is 17.7 Å². The number of anilines is 1. The largest absolute Gasteiger partial charge is 0.477 e. The minimum atomic E-state index is -1.05. The average molecular weight is 245 g/mol. The minimum Gasteiger partial charge on any atom is -0.477 e.